The van der Waals surface area contributed by atoms with Crippen LogP contribution in [0.25, 0.3) is 11.3 Å². The zero-order valence-electron chi connectivity index (χ0n) is 9.74. The minimum Gasteiger partial charge on any atom is -0.422 e. The molecule has 0 spiro atoms. The molecule has 6 heteroatoms. The van der Waals surface area contributed by atoms with E-state index in [0.717, 1.165) is 0 Å². The third kappa shape index (κ3) is 2.79. The molecule has 1 aromatic heterocycles. The molecule has 0 amide bonds. The van der Waals surface area contributed by atoms with Gasteiger partial charge in [0, 0.05) is 15.5 Å². The summed E-state index contributed by atoms with van der Waals surface area (Å²) in [5.74, 6) is 0.315. The van der Waals surface area contributed by atoms with Crippen molar-refractivity contribution in [1.82, 2.24) is 0 Å². The Morgan fingerprint density at radius 3 is 2.63 bits per heavy atom. The summed E-state index contributed by atoms with van der Waals surface area (Å²) >= 11 is 13.2. The summed E-state index contributed by atoms with van der Waals surface area (Å²) in [6.45, 7) is 0. The average molecular weight is 312 g/mol. The van der Waals surface area contributed by atoms with Crippen molar-refractivity contribution in [3.63, 3.8) is 0 Å². The van der Waals surface area contributed by atoms with Crippen molar-refractivity contribution < 1.29 is 4.42 Å². The zero-order chi connectivity index (χ0) is 14.0. The van der Waals surface area contributed by atoms with Crippen LogP contribution in [-0.4, -0.2) is 6.26 Å². The van der Waals surface area contributed by atoms with Crippen molar-refractivity contribution >= 4 is 35.0 Å². The summed E-state index contributed by atoms with van der Waals surface area (Å²) in [5.41, 5.74) is -0.111. The van der Waals surface area contributed by atoms with Gasteiger partial charge in [0.25, 0.3) is 0 Å². The minimum absolute atomic E-state index is 0.00124. The van der Waals surface area contributed by atoms with Crippen molar-refractivity contribution in [3.8, 4) is 17.4 Å². The van der Waals surface area contributed by atoms with E-state index < -0.39 is 5.63 Å². The summed E-state index contributed by atoms with van der Waals surface area (Å²) in [4.78, 5) is 12.3. The van der Waals surface area contributed by atoms with Gasteiger partial charge in [0.2, 0.25) is 0 Å². The predicted octanol–water partition coefficient (Wildman–Crippen LogP) is 4.21. The largest absolute Gasteiger partial charge is 0.422 e. The lowest BCUT2D eigenvalue weighted by atomic mass is 10.1. The Morgan fingerprint density at radius 1 is 1.32 bits per heavy atom. The van der Waals surface area contributed by atoms with E-state index in [1.807, 2.05) is 6.07 Å². The lowest BCUT2D eigenvalue weighted by molar-refractivity contribution is 0.518. The van der Waals surface area contributed by atoms with E-state index in [1.54, 1.807) is 30.5 Å². The van der Waals surface area contributed by atoms with Gasteiger partial charge < -0.3 is 4.42 Å². The van der Waals surface area contributed by atoms with Crippen molar-refractivity contribution in [2.75, 3.05) is 6.26 Å². The Morgan fingerprint density at radius 2 is 2.05 bits per heavy atom. The zero-order valence-corrected chi connectivity index (χ0v) is 12.1. The van der Waals surface area contributed by atoms with Crippen LogP contribution in [0.2, 0.25) is 10.0 Å². The molecule has 0 fully saturated rings. The maximum absolute atomic E-state index is 11.7. The summed E-state index contributed by atoms with van der Waals surface area (Å²) in [7, 11) is 0. The molecular weight excluding hydrogens is 305 g/mol. The lowest BCUT2D eigenvalue weighted by Gasteiger charge is -2.06. The summed E-state index contributed by atoms with van der Waals surface area (Å²) in [5, 5.41) is 9.79. The first-order valence-electron chi connectivity index (χ1n) is 5.14. The van der Waals surface area contributed by atoms with Crippen LogP contribution in [0.15, 0.2) is 38.4 Å². The number of benzene rings is 1. The Hall–Kier alpha value is -1.41. The molecule has 0 N–H and O–H groups in total. The van der Waals surface area contributed by atoms with E-state index in [1.165, 1.54) is 11.8 Å². The van der Waals surface area contributed by atoms with Gasteiger partial charge in [-0.05, 0) is 30.5 Å². The predicted molar refractivity (Wildman–Crippen MR) is 76.9 cm³/mol. The number of hydrogen-bond acceptors (Lipinski definition) is 4. The van der Waals surface area contributed by atoms with Crippen LogP contribution in [0.4, 0.5) is 0 Å². The molecular formula is C13H7Cl2NO2S. The molecule has 3 nitrogen and oxygen atoms in total. The van der Waals surface area contributed by atoms with Gasteiger partial charge >= 0.3 is 5.63 Å². The van der Waals surface area contributed by atoms with E-state index in [9.17, 15) is 4.79 Å². The van der Waals surface area contributed by atoms with E-state index >= 15 is 0 Å². The molecule has 1 aromatic carbocycles. The molecule has 0 saturated heterocycles. The first kappa shape index (κ1) is 14.0. The average Bonchev–Trinajstić information content (AvgIpc) is 2.37. The summed E-state index contributed by atoms with van der Waals surface area (Å²) in [6.07, 6.45) is 1.78. The highest BCUT2D eigenvalue weighted by atomic mass is 35.5. The fourth-order valence-electron chi connectivity index (χ4n) is 1.56. The number of halogens is 2. The lowest BCUT2D eigenvalue weighted by Crippen LogP contribution is -2.06. The molecule has 0 atom stereocenters. The van der Waals surface area contributed by atoms with Gasteiger partial charge in [-0.25, -0.2) is 4.79 Å². The minimum atomic E-state index is -0.671. The van der Waals surface area contributed by atoms with Gasteiger partial charge in [-0.3, -0.25) is 0 Å². The quantitative estimate of drug-likeness (QED) is 0.780. The molecule has 0 aliphatic rings. The molecule has 0 saturated carbocycles. The highest BCUT2D eigenvalue weighted by Gasteiger charge is 2.14. The molecule has 2 rings (SSSR count). The molecule has 0 aliphatic heterocycles. The first-order valence-corrected chi connectivity index (χ1v) is 7.12. The fourth-order valence-corrected chi connectivity index (χ4v) is 2.62. The van der Waals surface area contributed by atoms with Gasteiger partial charge in [0.1, 0.15) is 11.8 Å². The maximum Gasteiger partial charge on any atom is 0.355 e. The van der Waals surface area contributed by atoms with Crippen molar-refractivity contribution in [1.29, 1.82) is 5.26 Å². The molecule has 1 heterocycles. The normalized spacial score (nSPS) is 10.2. The molecule has 0 bridgehead atoms. The van der Waals surface area contributed by atoms with Gasteiger partial charge in [-0.15, -0.1) is 11.8 Å². The Labute approximate surface area is 123 Å². The van der Waals surface area contributed by atoms with E-state index in [-0.39, 0.29) is 5.56 Å². The van der Waals surface area contributed by atoms with Crippen LogP contribution in [-0.2, 0) is 0 Å². The summed E-state index contributed by atoms with van der Waals surface area (Å²) in [6, 6.07) is 8.34. The number of rotatable bonds is 2. The van der Waals surface area contributed by atoms with Crippen LogP contribution in [0.1, 0.15) is 5.56 Å². The SMILES string of the molecule is CSc1cc(-c2ccc(Cl)cc2Cl)oc(=O)c1C#N. The van der Waals surface area contributed by atoms with Gasteiger partial charge in [-0.1, -0.05) is 23.2 Å². The summed E-state index contributed by atoms with van der Waals surface area (Å²) < 4.78 is 5.13. The second-order valence-corrected chi connectivity index (χ2v) is 5.27. The van der Waals surface area contributed by atoms with E-state index in [0.29, 0.717) is 26.3 Å². The van der Waals surface area contributed by atoms with Crippen LogP contribution in [0, 0.1) is 11.3 Å². The van der Waals surface area contributed by atoms with Gasteiger partial charge in [0.05, 0.1) is 5.02 Å². The second kappa shape index (κ2) is 5.70. The molecule has 0 aliphatic carbocycles. The maximum atomic E-state index is 11.7. The van der Waals surface area contributed by atoms with Gasteiger partial charge in [0.15, 0.2) is 5.56 Å². The van der Waals surface area contributed by atoms with Crippen LogP contribution >= 0.6 is 35.0 Å². The fraction of sp³-hybridized carbons (Fsp3) is 0.0769. The molecule has 0 unspecified atom stereocenters. The Bertz CT molecular complexity index is 734. The standard InChI is InChI=1S/C13H7Cl2NO2S/c1-19-12-5-11(18-13(17)9(12)6-16)8-3-2-7(14)4-10(8)15/h2-5H,1H3. The smallest absolute Gasteiger partial charge is 0.355 e. The van der Waals surface area contributed by atoms with Crippen LogP contribution in [0.3, 0.4) is 0 Å². The first-order chi connectivity index (χ1) is 9.06. The van der Waals surface area contributed by atoms with E-state index in [4.69, 9.17) is 32.9 Å². The molecule has 2 aromatic rings. The van der Waals surface area contributed by atoms with Crippen LogP contribution in [0.5, 0.6) is 0 Å². The number of nitrogens with zero attached hydrogens (tertiary/aromatic N) is 1. The topological polar surface area (TPSA) is 54.0 Å². The van der Waals surface area contributed by atoms with Crippen molar-refractivity contribution in [3.05, 3.63) is 50.3 Å². The molecule has 96 valence electrons. The number of hydrogen-bond donors (Lipinski definition) is 0. The highest BCUT2D eigenvalue weighted by Crippen LogP contribution is 2.32. The molecule has 19 heavy (non-hydrogen) atoms. The third-order valence-corrected chi connectivity index (χ3v) is 3.75. The van der Waals surface area contributed by atoms with E-state index in [2.05, 4.69) is 0 Å². The molecule has 0 radical (unpaired) electrons. The number of nitriles is 1. The van der Waals surface area contributed by atoms with Crippen molar-refractivity contribution in [2.45, 2.75) is 4.90 Å². The monoisotopic (exact) mass is 311 g/mol. The Kier molecular flexibility index (Phi) is 4.20. The third-order valence-electron chi connectivity index (χ3n) is 2.44. The van der Waals surface area contributed by atoms with Crippen molar-refractivity contribution in [2.24, 2.45) is 0 Å². The Balaban J connectivity index is 2.68. The second-order valence-electron chi connectivity index (χ2n) is 3.58. The number of thioether (sulfide) groups is 1. The van der Waals surface area contributed by atoms with Gasteiger partial charge in [-0.2, -0.15) is 5.26 Å². The van der Waals surface area contributed by atoms with Crippen LogP contribution < -0.4 is 5.63 Å². The highest BCUT2D eigenvalue weighted by molar-refractivity contribution is 7.98.